The first kappa shape index (κ1) is 20.7. The third-order valence-electron chi connectivity index (χ3n) is 4.47. The zero-order valence-corrected chi connectivity index (χ0v) is 16.3. The third kappa shape index (κ3) is 6.63. The van der Waals surface area contributed by atoms with Crippen molar-refractivity contribution in [3.63, 3.8) is 0 Å². The van der Waals surface area contributed by atoms with Crippen LogP contribution in [0.5, 0.6) is 0 Å². The Morgan fingerprint density at radius 1 is 1.21 bits per heavy atom. The third-order valence-corrected chi connectivity index (χ3v) is 8.97. The fourth-order valence-corrected chi connectivity index (χ4v) is 2.80. The lowest BCUT2D eigenvalue weighted by molar-refractivity contribution is 0.00728. The molecule has 0 saturated carbocycles. The summed E-state index contributed by atoms with van der Waals surface area (Å²) in [6, 6.07) is 9.07. The molecule has 0 saturated heterocycles. The summed E-state index contributed by atoms with van der Waals surface area (Å²) in [6.07, 6.45) is -0.894. The minimum Gasteiger partial charge on any atom is -0.416 e. The second kappa shape index (κ2) is 9.20. The zero-order valence-electron chi connectivity index (χ0n) is 15.3. The number of aliphatic hydroxyl groups excluding tert-OH is 1. The fourth-order valence-electron chi connectivity index (χ4n) is 1.78. The highest BCUT2D eigenvalue weighted by molar-refractivity contribution is 6.74. The average molecular weight is 352 g/mol. The van der Waals surface area contributed by atoms with E-state index in [-0.39, 0.29) is 18.3 Å². The highest BCUT2D eigenvalue weighted by Gasteiger charge is 2.38. The minimum atomic E-state index is -1.96. The number of nitrogens with zero attached hydrogens (tertiary/aromatic N) is 3. The van der Waals surface area contributed by atoms with Crippen molar-refractivity contribution >= 4 is 8.32 Å². The minimum absolute atomic E-state index is 0.0582. The van der Waals surface area contributed by atoms with Crippen LogP contribution >= 0.6 is 0 Å². The highest BCUT2D eigenvalue weighted by atomic mass is 28.4. The summed E-state index contributed by atoms with van der Waals surface area (Å²) >= 11 is 0. The Morgan fingerprint density at radius 2 is 1.83 bits per heavy atom. The van der Waals surface area contributed by atoms with Crippen LogP contribution in [0.1, 0.15) is 26.3 Å². The Labute approximate surface area is 145 Å². The molecule has 0 aliphatic heterocycles. The molecule has 0 spiro atoms. The van der Waals surface area contributed by atoms with Gasteiger partial charge < -0.3 is 14.3 Å². The second-order valence-electron chi connectivity index (χ2n) is 7.41. The van der Waals surface area contributed by atoms with Crippen LogP contribution in [0.15, 0.2) is 35.4 Å². The molecule has 2 atom stereocenters. The van der Waals surface area contributed by atoms with Gasteiger partial charge >= 0.3 is 0 Å². The van der Waals surface area contributed by atoms with Crippen LogP contribution in [0.25, 0.3) is 10.4 Å². The molecular weight excluding hydrogens is 322 g/mol. The Kier molecular flexibility index (Phi) is 7.92. The SMILES string of the molecule is CC(C)(C)[Si](C)(C)OC[C@@H](N=[N+]=[N-])[C@@H](O)COCc1ccccc1. The summed E-state index contributed by atoms with van der Waals surface area (Å²) in [7, 11) is -1.96. The van der Waals surface area contributed by atoms with Crippen LogP contribution in [0, 0.1) is 0 Å². The van der Waals surface area contributed by atoms with Gasteiger partial charge in [-0.05, 0) is 29.2 Å². The number of hydrogen-bond donors (Lipinski definition) is 1. The number of aliphatic hydroxyl groups is 1. The predicted molar refractivity (Wildman–Crippen MR) is 98.2 cm³/mol. The van der Waals surface area contributed by atoms with Crippen molar-refractivity contribution in [2.24, 2.45) is 5.11 Å². The van der Waals surface area contributed by atoms with Crippen molar-refractivity contribution in [2.75, 3.05) is 13.2 Å². The fraction of sp³-hybridized carbons (Fsp3) is 0.647. The van der Waals surface area contributed by atoms with Gasteiger partial charge in [-0.15, -0.1) is 0 Å². The molecule has 1 aromatic carbocycles. The molecule has 7 heteroatoms. The van der Waals surface area contributed by atoms with E-state index >= 15 is 0 Å². The molecule has 0 heterocycles. The largest absolute Gasteiger partial charge is 0.416 e. The maximum Gasteiger partial charge on any atom is 0.191 e. The van der Waals surface area contributed by atoms with E-state index in [4.69, 9.17) is 14.7 Å². The molecule has 0 unspecified atom stereocenters. The van der Waals surface area contributed by atoms with E-state index in [1.807, 2.05) is 30.3 Å². The lowest BCUT2D eigenvalue weighted by atomic mass is 10.2. The first-order valence-electron chi connectivity index (χ1n) is 8.15. The maximum atomic E-state index is 10.3. The second-order valence-corrected chi connectivity index (χ2v) is 12.2. The van der Waals surface area contributed by atoms with Crippen molar-refractivity contribution in [2.45, 2.75) is 57.7 Å². The van der Waals surface area contributed by atoms with E-state index in [0.29, 0.717) is 6.61 Å². The Bertz CT molecular complexity index is 540. The predicted octanol–water partition coefficient (Wildman–Crippen LogP) is 4.26. The molecule has 0 bridgehead atoms. The molecule has 6 nitrogen and oxygen atoms in total. The topological polar surface area (TPSA) is 87.5 Å². The maximum absolute atomic E-state index is 10.3. The van der Waals surface area contributed by atoms with E-state index in [1.54, 1.807) is 0 Å². The first-order valence-corrected chi connectivity index (χ1v) is 11.1. The molecule has 0 aliphatic carbocycles. The Balaban J connectivity index is 2.53. The summed E-state index contributed by atoms with van der Waals surface area (Å²) in [5.74, 6) is 0. The van der Waals surface area contributed by atoms with Gasteiger partial charge in [0, 0.05) is 11.5 Å². The van der Waals surface area contributed by atoms with Gasteiger partial charge in [-0.3, -0.25) is 0 Å². The molecule has 1 N–H and O–H groups in total. The number of azide groups is 1. The van der Waals surface area contributed by atoms with Gasteiger partial charge in [0.05, 0.1) is 25.4 Å². The van der Waals surface area contributed by atoms with E-state index in [1.165, 1.54) is 0 Å². The van der Waals surface area contributed by atoms with Gasteiger partial charge in [0.2, 0.25) is 0 Å². The standard InChI is InChI=1S/C17H29N3O3Si/c1-17(2,3)24(4,5)23-12-15(19-20-18)16(21)13-22-11-14-9-7-6-8-10-14/h6-10,15-16,21H,11-13H2,1-5H3/t15-,16+/m1/s1. The molecule has 0 aliphatic rings. The average Bonchev–Trinajstić information content (AvgIpc) is 2.51. The van der Waals surface area contributed by atoms with Gasteiger partial charge in [0.1, 0.15) is 0 Å². The van der Waals surface area contributed by atoms with Crippen LogP contribution in [0.2, 0.25) is 18.1 Å². The van der Waals surface area contributed by atoms with Gasteiger partial charge in [-0.1, -0.05) is 56.2 Å². The van der Waals surface area contributed by atoms with E-state index in [9.17, 15) is 5.11 Å². The van der Waals surface area contributed by atoms with Crippen LogP contribution in [0.4, 0.5) is 0 Å². The lowest BCUT2D eigenvalue weighted by Crippen LogP contribution is -2.44. The summed E-state index contributed by atoms with van der Waals surface area (Å²) in [5, 5.41) is 14.0. The van der Waals surface area contributed by atoms with Crippen molar-refractivity contribution in [3.8, 4) is 0 Å². The molecule has 0 fully saturated rings. The van der Waals surface area contributed by atoms with E-state index in [2.05, 4.69) is 43.9 Å². The number of hydrogen-bond acceptors (Lipinski definition) is 4. The van der Waals surface area contributed by atoms with Gasteiger partial charge in [0.15, 0.2) is 8.32 Å². The smallest absolute Gasteiger partial charge is 0.191 e. The normalized spacial score (nSPS) is 14.8. The van der Waals surface area contributed by atoms with Crippen molar-refractivity contribution in [3.05, 3.63) is 46.3 Å². The van der Waals surface area contributed by atoms with Crippen LogP contribution < -0.4 is 0 Å². The lowest BCUT2D eigenvalue weighted by Gasteiger charge is -2.37. The van der Waals surface area contributed by atoms with E-state index in [0.717, 1.165) is 5.56 Å². The van der Waals surface area contributed by atoms with E-state index < -0.39 is 20.5 Å². The van der Waals surface area contributed by atoms with Gasteiger partial charge in [0.25, 0.3) is 0 Å². The zero-order chi connectivity index (χ0) is 18.2. The number of rotatable bonds is 9. The molecule has 24 heavy (non-hydrogen) atoms. The Morgan fingerprint density at radius 3 is 2.38 bits per heavy atom. The highest BCUT2D eigenvalue weighted by Crippen LogP contribution is 2.36. The summed E-state index contributed by atoms with van der Waals surface area (Å²) in [5.41, 5.74) is 9.77. The summed E-state index contributed by atoms with van der Waals surface area (Å²) < 4.78 is 11.6. The number of benzene rings is 1. The summed E-state index contributed by atoms with van der Waals surface area (Å²) in [4.78, 5) is 2.83. The van der Waals surface area contributed by atoms with Crippen molar-refractivity contribution < 1.29 is 14.3 Å². The van der Waals surface area contributed by atoms with Gasteiger partial charge in [-0.2, -0.15) is 0 Å². The monoisotopic (exact) mass is 351 g/mol. The van der Waals surface area contributed by atoms with Crippen LogP contribution in [0.3, 0.4) is 0 Å². The molecular formula is C17H29N3O3Si. The Hall–Kier alpha value is -1.37. The van der Waals surface area contributed by atoms with Crippen molar-refractivity contribution in [1.29, 1.82) is 0 Å². The molecule has 134 valence electrons. The van der Waals surface area contributed by atoms with Crippen LogP contribution in [-0.4, -0.2) is 38.8 Å². The van der Waals surface area contributed by atoms with Gasteiger partial charge in [-0.25, -0.2) is 0 Å². The molecule has 0 radical (unpaired) electrons. The molecule has 0 aromatic heterocycles. The summed E-state index contributed by atoms with van der Waals surface area (Å²) in [6.45, 7) is 11.4. The number of ether oxygens (including phenoxy) is 1. The molecule has 0 amide bonds. The first-order chi connectivity index (χ1) is 11.2. The molecule has 1 rings (SSSR count). The quantitative estimate of drug-likeness (QED) is 0.312. The van der Waals surface area contributed by atoms with Crippen LogP contribution in [-0.2, 0) is 15.8 Å². The van der Waals surface area contributed by atoms with Crippen molar-refractivity contribution in [1.82, 2.24) is 0 Å². The molecule has 1 aromatic rings.